The number of azide groups is 1. The molecule has 0 radical (unpaired) electrons. The van der Waals surface area contributed by atoms with E-state index >= 15 is 0 Å². The third kappa shape index (κ3) is 5.99. The van der Waals surface area contributed by atoms with Gasteiger partial charge in [0.2, 0.25) is 0 Å². The molecule has 0 fully saturated rings. The van der Waals surface area contributed by atoms with Crippen molar-refractivity contribution < 1.29 is 24.1 Å². The highest BCUT2D eigenvalue weighted by Crippen LogP contribution is 2.15. The van der Waals surface area contributed by atoms with Crippen LogP contribution in [0.3, 0.4) is 0 Å². The van der Waals surface area contributed by atoms with Gasteiger partial charge in [0.25, 0.3) is 5.91 Å². The van der Waals surface area contributed by atoms with Crippen molar-refractivity contribution in [3.05, 3.63) is 10.4 Å². The summed E-state index contributed by atoms with van der Waals surface area (Å²) in [6.45, 7) is -0.189. The number of aliphatic hydroxyl groups excluding tert-OH is 1. The van der Waals surface area contributed by atoms with Gasteiger partial charge in [0.1, 0.15) is 12.2 Å². The fourth-order valence-corrected chi connectivity index (χ4v) is 1.79. The van der Waals surface area contributed by atoms with Crippen molar-refractivity contribution in [2.45, 2.75) is 24.4 Å². The van der Waals surface area contributed by atoms with Crippen LogP contribution in [0.1, 0.15) is 0 Å². The molecule has 0 aromatic heterocycles. The predicted molar refractivity (Wildman–Crippen MR) is 74.3 cm³/mol. The third-order valence-electron chi connectivity index (χ3n) is 2.75. The van der Waals surface area contributed by atoms with E-state index in [9.17, 15) is 9.90 Å². The zero-order chi connectivity index (χ0) is 16.3. The Hall–Kier alpha value is -1.82. The molecule has 0 rings (SSSR count). The summed E-state index contributed by atoms with van der Waals surface area (Å²) in [5.41, 5.74) is 8.27. The fourth-order valence-electron chi connectivity index (χ4n) is 1.79. The van der Waals surface area contributed by atoms with Gasteiger partial charge in [-0.05, 0) is 5.53 Å². The molecular weight excluding hydrogens is 280 g/mol. The zero-order valence-corrected chi connectivity index (χ0v) is 12.2. The molecule has 0 saturated carbocycles. The Morgan fingerprint density at radius 3 is 2.43 bits per heavy atom. The highest BCUT2D eigenvalue weighted by molar-refractivity contribution is 5.81. The number of hydrogen-bond donors (Lipinski definition) is 2. The average molecular weight is 300 g/mol. The Morgan fingerprint density at radius 1 is 1.38 bits per heavy atom. The van der Waals surface area contributed by atoms with Crippen molar-refractivity contribution in [2.75, 3.05) is 34.4 Å². The van der Waals surface area contributed by atoms with Crippen molar-refractivity contribution in [1.29, 1.82) is 0 Å². The van der Waals surface area contributed by atoms with E-state index in [1.54, 1.807) is 0 Å². The summed E-state index contributed by atoms with van der Waals surface area (Å²) in [6, 6.07) is 0. The van der Waals surface area contributed by atoms with Crippen LogP contribution in [0.15, 0.2) is 5.11 Å². The van der Waals surface area contributed by atoms with Gasteiger partial charge in [0.15, 0.2) is 6.10 Å². The molecule has 1 amide bonds. The van der Waals surface area contributed by atoms with Crippen LogP contribution in [-0.2, 0) is 19.0 Å². The van der Waals surface area contributed by atoms with Crippen LogP contribution >= 0.6 is 0 Å². The van der Waals surface area contributed by atoms with Crippen LogP contribution in [0.2, 0.25) is 0 Å². The molecule has 0 aliphatic rings. The zero-order valence-electron chi connectivity index (χ0n) is 12.2. The summed E-state index contributed by atoms with van der Waals surface area (Å²) in [4.78, 5) is 14.5. The molecule has 9 heteroatoms. The Bertz CT molecular complexity index is 405. The normalized spacial score (nSPS) is 16.0. The van der Waals surface area contributed by atoms with Crippen molar-refractivity contribution in [2.24, 2.45) is 5.11 Å². The van der Waals surface area contributed by atoms with Crippen LogP contribution in [0, 0.1) is 12.3 Å². The van der Waals surface area contributed by atoms with E-state index in [0.717, 1.165) is 0 Å². The number of amides is 1. The van der Waals surface area contributed by atoms with Crippen LogP contribution in [-0.4, -0.2) is 69.8 Å². The summed E-state index contributed by atoms with van der Waals surface area (Å²) in [5, 5.41) is 15.7. The van der Waals surface area contributed by atoms with E-state index in [-0.39, 0.29) is 13.1 Å². The third-order valence-corrected chi connectivity index (χ3v) is 2.75. The Morgan fingerprint density at radius 2 is 2.00 bits per heavy atom. The number of nitrogens with one attached hydrogen (secondary N) is 1. The lowest BCUT2D eigenvalue weighted by atomic mass is 10.0. The molecule has 118 valence electrons. The maximum Gasteiger partial charge on any atom is 0.252 e. The maximum absolute atomic E-state index is 12.0. The topological polar surface area (TPSA) is 126 Å². The number of rotatable bonds is 10. The Kier molecular flexibility index (Phi) is 9.96. The molecule has 2 N–H and O–H groups in total. The lowest BCUT2D eigenvalue weighted by Gasteiger charge is -2.32. The minimum atomic E-state index is -1.16. The SMILES string of the molecule is C#CCNC(=O)[C@H](OC)[C@@H](OC)[C@H](OC)[C@H](O)CN=[N+]=[N-]. The highest BCUT2D eigenvalue weighted by atomic mass is 16.6. The minimum absolute atomic E-state index is 0.0358. The number of methoxy groups -OCH3 is 3. The summed E-state index contributed by atoms with van der Waals surface area (Å²) in [6.07, 6.45) is 1.02. The van der Waals surface area contributed by atoms with Gasteiger partial charge >= 0.3 is 0 Å². The minimum Gasteiger partial charge on any atom is -0.390 e. The summed E-state index contributed by atoms with van der Waals surface area (Å²) >= 11 is 0. The van der Waals surface area contributed by atoms with Crippen molar-refractivity contribution >= 4 is 5.91 Å². The van der Waals surface area contributed by atoms with Crippen LogP contribution < -0.4 is 5.32 Å². The first-order valence-corrected chi connectivity index (χ1v) is 6.05. The lowest BCUT2D eigenvalue weighted by Crippen LogP contribution is -2.54. The molecule has 0 aliphatic heterocycles. The number of nitrogens with zero attached hydrogens (tertiary/aromatic N) is 3. The van der Waals surface area contributed by atoms with Gasteiger partial charge in [-0.15, -0.1) is 6.42 Å². The first-order valence-electron chi connectivity index (χ1n) is 6.05. The second-order valence-corrected chi connectivity index (χ2v) is 3.96. The molecule has 0 bridgehead atoms. The molecule has 0 unspecified atom stereocenters. The summed E-state index contributed by atoms with van der Waals surface area (Å²) in [7, 11) is 4.00. The van der Waals surface area contributed by atoms with Crippen LogP contribution in [0.25, 0.3) is 10.4 Å². The number of terminal acetylenes is 1. The van der Waals surface area contributed by atoms with Gasteiger partial charge in [0, 0.05) is 26.2 Å². The standard InChI is InChI=1S/C12H20N4O5/c1-5-6-14-12(18)11(21-4)10(20-3)9(19-2)8(17)7-15-16-13/h1,8-11,17H,6-7H2,2-4H3,(H,14,18)/t8-,9-,10+,11-/m1/s1. The molecule has 9 nitrogen and oxygen atoms in total. The lowest BCUT2D eigenvalue weighted by molar-refractivity contribution is -0.160. The second kappa shape index (κ2) is 10.9. The molecular formula is C12H20N4O5. The van der Waals surface area contributed by atoms with Gasteiger partial charge < -0.3 is 24.6 Å². The molecule has 0 spiro atoms. The van der Waals surface area contributed by atoms with E-state index in [4.69, 9.17) is 26.2 Å². The largest absolute Gasteiger partial charge is 0.390 e. The Balaban J connectivity index is 5.07. The van der Waals surface area contributed by atoms with Gasteiger partial charge in [-0.1, -0.05) is 11.0 Å². The van der Waals surface area contributed by atoms with Gasteiger partial charge in [-0.25, -0.2) is 0 Å². The molecule has 0 aromatic carbocycles. The number of hydrogen-bond acceptors (Lipinski definition) is 6. The van der Waals surface area contributed by atoms with Gasteiger partial charge in [-0.3, -0.25) is 4.79 Å². The predicted octanol–water partition coefficient (Wildman–Crippen LogP) is -0.548. The fraction of sp³-hybridized carbons (Fsp3) is 0.750. The molecule has 0 aromatic rings. The van der Waals surface area contributed by atoms with Gasteiger partial charge in [0.05, 0.1) is 19.2 Å². The van der Waals surface area contributed by atoms with Crippen molar-refractivity contribution in [3.63, 3.8) is 0 Å². The second-order valence-electron chi connectivity index (χ2n) is 3.96. The van der Waals surface area contributed by atoms with E-state index < -0.39 is 30.3 Å². The van der Waals surface area contributed by atoms with Crippen molar-refractivity contribution in [3.8, 4) is 12.3 Å². The summed E-state index contributed by atoms with van der Waals surface area (Å²) in [5.74, 6) is 1.76. The van der Waals surface area contributed by atoms with E-state index in [1.807, 2.05) is 0 Å². The van der Waals surface area contributed by atoms with E-state index in [2.05, 4.69) is 21.3 Å². The highest BCUT2D eigenvalue weighted by Gasteiger charge is 2.38. The summed E-state index contributed by atoms with van der Waals surface area (Å²) < 4.78 is 15.4. The van der Waals surface area contributed by atoms with E-state index in [0.29, 0.717) is 0 Å². The van der Waals surface area contributed by atoms with Gasteiger partial charge in [-0.2, -0.15) is 0 Å². The number of carbonyl (C=O) groups is 1. The van der Waals surface area contributed by atoms with Crippen molar-refractivity contribution in [1.82, 2.24) is 5.32 Å². The molecule has 0 aliphatic carbocycles. The van der Waals surface area contributed by atoms with Crippen LogP contribution in [0.5, 0.6) is 0 Å². The molecule has 0 saturated heterocycles. The monoisotopic (exact) mass is 300 g/mol. The molecule has 0 heterocycles. The first-order chi connectivity index (χ1) is 10.1. The number of aliphatic hydroxyl groups is 1. The molecule has 4 atom stereocenters. The average Bonchev–Trinajstić information content (AvgIpc) is 2.50. The van der Waals surface area contributed by atoms with Crippen LogP contribution in [0.4, 0.5) is 0 Å². The van der Waals surface area contributed by atoms with E-state index in [1.165, 1.54) is 21.3 Å². The molecule has 21 heavy (non-hydrogen) atoms. The number of carbonyl (C=O) groups excluding carboxylic acids is 1. The first kappa shape index (κ1) is 19.2. The smallest absolute Gasteiger partial charge is 0.252 e. The Labute approximate surface area is 123 Å². The maximum atomic E-state index is 12.0. The number of ether oxygens (including phenoxy) is 3. The quantitative estimate of drug-likeness (QED) is 0.242.